The highest BCUT2D eigenvalue weighted by Crippen LogP contribution is 2.29. The average molecular weight is 269 g/mol. The topological polar surface area (TPSA) is 32.3 Å². The van der Waals surface area contributed by atoms with E-state index in [9.17, 15) is 13.9 Å². The summed E-state index contributed by atoms with van der Waals surface area (Å²) >= 11 is 0. The van der Waals surface area contributed by atoms with E-state index in [0.717, 1.165) is 31.0 Å². The molecule has 2 atom stereocenters. The quantitative estimate of drug-likeness (QED) is 0.861. The second kappa shape index (κ2) is 6.96. The zero-order valence-corrected chi connectivity index (χ0v) is 11.0. The summed E-state index contributed by atoms with van der Waals surface area (Å²) in [4.78, 5) is 0. The molecule has 0 radical (unpaired) electrons. The fourth-order valence-electron chi connectivity index (χ4n) is 2.85. The molecule has 0 spiro atoms. The van der Waals surface area contributed by atoms with Gasteiger partial charge < -0.3 is 10.4 Å². The van der Waals surface area contributed by atoms with Crippen molar-refractivity contribution in [1.29, 1.82) is 0 Å². The van der Waals surface area contributed by atoms with Gasteiger partial charge in [0.2, 0.25) is 0 Å². The van der Waals surface area contributed by atoms with Gasteiger partial charge in [0, 0.05) is 13.2 Å². The van der Waals surface area contributed by atoms with Crippen molar-refractivity contribution in [3.63, 3.8) is 0 Å². The van der Waals surface area contributed by atoms with Crippen LogP contribution >= 0.6 is 0 Å². The van der Waals surface area contributed by atoms with Crippen molar-refractivity contribution in [2.75, 3.05) is 13.2 Å². The maximum Gasteiger partial charge on any atom is 0.159 e. The minimum Gasteiger partial charge on any atom is -0.396 e. The first-order valence-corrected chi connectivity index (χ1v) is 6.96. The van der Waals surface area contributed by atoms with Gasteiger partial charge in [0.1, 0.15) is 0 Å². The van der Waals surface area contributed by atoms with Crippen LogP contribution in [0.3, 0.4) is 0 Å². The Bertz CT molecular complexity index is 411. The molecule has 106 valence electrons. The van der Waals surface area contributed by atoms with Crippen LogP contribution in [-0.2, 0) is 6.54 Å². The van der Waals surface area contributed by atoms with Crippen LogP contribution in [0.2, 0.25) is 0 Å². The molecule has 0 heterocycles. The number of aliphatic hydroxyl groups is 1. The van der Waals surface area contributed by atoms with Gasteiger partial charge in [0.05, 0.1) is 0 Å². The van der Waals surface area contributed by atoms with Crippen LogP contribution in [0.15, 0.2) is 18.2 Å². The number of halogens is 2. The average Bonchev–Trinajstić information content (AvgIpc) is 2.43. The van der Waals surface area contributed by atoms with Crippen molar-refractivity contribution < 1.29 is 13.9 Å². The van der Waals surface area contributed by atoms with Gasteiger partial charge in [0.25, 0.3) is 0 Å². The third-order valence-electron chi connectivity index (χ3n) is 4.02. The van der Waals surface area contributed by atoms with E-state index in [4.69, 9.17) is 0 Å². The summed E-state index contributed by atoms with van der Waals surface area (Å²) in [7, 11) is 0. The molecule has 2 N–H and O–H groups in total. The van der Waals surface area contributed by atoms with Gasteiger partial charge >= 0.3 is 0 Å². The molecule has 4 heteroatoms. The fourth-order valence-corrected chi connectivity index (χ4v) is 2.85. The lowest BCUT2D eigenvalue weighted by molar-refractivity contribution is 0.133. The molecule has 0 aromatic heterocycles. The first-order valence-electron chi connectivity index (χ1n) is 6.96. The Morgan fingerprint density at radius 1 is 1.11 bits per heavy atom. The number of hydrogen-bond donors (Lipinski definition) is 2. The molecule has 0 aliphatic heterocycles. The highest BCUT2D eigenvalue weighted by Gasteiger charge is 2.23. The minimum atomic E-state index is -0.809. The molecule has 2 nitrogen and oxygen atoms in total. The summed E-state index contributed by atoms with van der Waals surface area (Å²) in [6.45, 7) is 1.60. The highest BCUT2D eigenvalue weighted by molar-refractivity contribution is 5.17. The third-order valence-corrected chi connectivity index (χ3v) is 4.02. The molecule has 19 heavy (non-hydrogen) atoms. The zero-order valence-electron chi connectivity index (χ0n) is 11.0. The second-order valence-electron chi connectivity index (χ2n) is 5.37. The number of aliphatic hydroxyl groups excluding tert-OH is 1. The molecular formula is C15H21F2NO. The standard InChI is InChI=1S/C15H21F2NO/c16-14-6-5-11(7-15(14)17)8-18-9-12-3-1-2-4-13(12)10-19/h5-7,12-13,18-19H,1-4,8-10H2. The van der Waals surface area contributed by atoms with Crippen LogP contribution in [-0.4, -0.2) is 18.3 Å². The van der Waals surface area contributed by atoms with Crippen LogP contribution in [0, 0.1) is 23.5 Å². The summed E-state index contributed by atoms with van der Waals surface area (Å²) in [6, 6.07) is 3.98. The molecule has 0 bridgehead atoms. The van der Waals surface area contributed by atoms with Crippen molar-refractivity contribution in [3.8, 4) is 0 Å². The van der Waals surface area contributed by atoms with E-state index in [-0.39, 0.29) is 6.61 Å². The number of hydrogen-bond acceptors (Lipinski definition) is 2. The Kier molecular flexibility index (Phi) is 5.28. The number of rotatable bonds is 5. The molecular weight excluding hydrogens is 248 g/mol. The molecule has 1 aromatic rings. The highest BCUT2D eigenvalue weighted by atomic mass is 19.2. The third kappa shape index (κ3) is 3.98. The van der Waals surface area contributed by atoms with Gasteiger partial charge in [0.15, 0.2) is 11.6 Å². The van der Waals surface area contributed by atoms with E-state index in [1.54, 1.807) is 6.07 Å². The molecule has 0 saturated heterocycles. The summed E-state index contributed by atoms with van der Waals surface area (Å²) < 4.78 is 25.8. The van der Waals surface area contributed by atoms with Gasteiger partial charge in [-0.15, -0.1) is 0 Å². The van der Waals surface area contributed by atoms with Gasteiger partial charge in [-0.2, -0.15) is 0 Å². The summed E-state index contributed by atoms with van der Waals surface area (Å²) in [5.41, 5.74) is 0.746. The largest absolute Gasteiger partial charge is 0.396 e. The van der Waals surface area contributed by atoms with E-state index in [1.165, 1.54) is 18.9 Å². The van der Waals surface area contributed by atoms with E-state index >= 15 is 0 Å². The first kappa shape index (κ1) is 14.4. The van der Waals surface area contributed by atoms with Gasteiger partial charge in [-0.1, -0.05) is 18.9 Å². The SMILES string of the molecule is OCC1CCCCC1CNCc1ccc(F)c(F)c1. The normalized spacial score (nSPS) is 23.5. The predicted molar refractivity (Wildman–Crippen MR) is 70.6 cm³/mol. The van der Waals surface area contributed by atoms with Crippen molar-refractivity contribution in [3.05, 3.63) is 35.4 Å². The Labute approximate surface area is 112 Å². The van der Waals surface area contributed by atoms with Gasteiger partial charge in [-0.05, 0) is 48.9 Å². The van der Waals surface area contributed by atoms with Gasteiger partial charge in [-0.3, -0.25) is 0 Å². The molecule has 1 fully saturated rings. The molecule has 1 saturated carbocycles. The van der Waals surface area contributed by atoms with E-state index in [0.29, 0.717) is 18.4 Å². The molecule has 1 aliphatic rings. The summed E-state index contributed by atoms with van der Waals surface area (Å²) in [6.07, 6.45) is 4.64. The van der Waals surface area contributed by atoms with Crippen LogP contribution in [0.4, 0.5) is 8.78 Å². The van der Waals surface area contributed by atoms with Crippen molar-refractivity contribution in [1.82, 2.24) is 5.32 Å². The maximum absolute atomic E-state index is 13.0. The Hall–Kier alpha value is -1.00. The number of nitrogens with one attached hydrogen (secondary N) is 1. The second-order valence-corrected chi connectivity index (χ2v) is 5.37. The lowest BCUT2D eigenvalue weighted by Gasteiger charge is -2.30. The minimum absolute atomic E-state index is 0.248. The monoisotopic (exact) mass is 269 g/mol. The lowest BCUT2D eigenvalue weighted by Crippen LogP contribution is -2.32. The Morgan fingerprint density at radius 2 is 1.84 bits per heavy atom. The molecule has 1 aromatic carbocycles. The van der Waals surface area contributed by atoms with Crippen molar-refractivity contribution in [2.24, 2.45) is 11.8 Å². The Balaban J connectivity index is 1.80. The van der Waals surface area contributed by atoms with Crippen molar-refractivity contribution in [2.45, 2.75) is 32.2 Å². The van der Waals surface area contributed by atoms with E-state index in [1.807, 2.05) is 0 Å². The van der Waals surface area contributed by atoms with E-state index < -0.39 is 11.6 Å². The molecule has 2 unspecified atom stereocenters. The molecule has 0 amide bonds. The summed E-state index contributed by atoms with van der Waals surface area (Å²) in [5.74, 6) is -0.739. The fraction of sp³-hybridized carbons (Fsp3) is 0.600. The summed E-state index contributed by atoms with van der Waals surface area (Å²) in [5, 5.41) is 12.6. The molecule has 1 aliphatic carbocycles. The zero-order chi connectivity index (χ0) is 13.7. The first-order chi connectivity index (χ1) is 9.20. The van der Waals surface area contributed by atoms with Gasteiger partial charge in [-0.25, -0.2) is 8.78 Å². The van der Waals surface area contributed by atoms with E-state index in [2.05, 4.69) is 5.32 Å². The van der Waals surface area contributed by atoms with Crippen LogP contribution < -0.4 is 5.32 Å². The smallest absolute Gasteiger partial charge is 0.159 e. The van der Waals surface area contributed by atoms with Crippen molar-refractivity contribution >= 4 is 0 Å². The number of benzene rings is 1. The lowest BCUT2D eigenvalue weighted by atomic mass is 9.79. The Morgan fingerprint density at radius 3 is 2.53 bits per heavy atom. The van der Waals surface area contributed by atoms with Crippen LogP contribution in [0.25, 0.3) is 0 Å². The maximum atomic E-state index is 13.0. The predicted octanol–water partition coefficient (Wildman–Crippen LogP) is 2.85. The molecule has 2 rings (SSSR count). The van der Waals surface area contributed by atoms with Crippen LogP contribution in [0.5, 0.6) is 0 Å². The van der Waals surface area contributed by atoms with Crippen LogP contribution in [0.1, 0.15) is 31.2 Å².